The molecule has 0 fully saturated rings. The van der Waals surface area contributed by atoms with Crippen LogP contribution in [0.5, 0.6) is 17.4 Å². The van der Waals surface area contributed by atoms with Gasteiger partial charge in [0.1, 0.15) is 32.7 Å². The molecule has 1 aliphatic heterocycles. The highest BCUT2D eigenvalue weighted by Crippen LogP contribution is 2.33. The van der Waals surface area contributed by atoms with Crippen molar-refractivity contribution in [3.05, 3.63) is 420 Å². The number of hydrogen-bond acceptors (Lipinski definition) is 29. The summed E-state index contributed by atoms with van der Waals surface area (Å²) < 4.78 is 193. The first kappa shape index (κ1) is 106. The highest BCUT2D eigenvalue weighted by molar-refractivity contribution is 7.91. The van der Waals surface area contributed by atoms with Gasteiger partial charge in [-0.15, -0.1) is 0 Å². The van der Waals surface area contributed by atoms with E-state index in [-0.39, 0.29) is 75.5 Å². The number of carbonyl (C=O) groups excluding carboxylic acids is 6. The predicted molar refractivity (Wildman–Crippen MR) is 539 cm³/mol. The van der Waals surface area contributed by atoms with Gasteiger partial charge in [0.2, 0.25) is 5.88 Å². The molecule has 0 aliphatic carbocycles. The van der Waals surface area contributed by atoms with E-state index in [1.165, 1.54) is 241 Å². The van der Waals surface area contributed by atoms with Gasteiger partial charge in [-0.05, 0) is 243 Å². The molecule has 756 valence electrons. The lowest BCUT2D eigenvalue weighted by Gasteiger charge is -2.09. The quantitative estimate of drug-likeness (QED) is 0.0298. The Morgan fingerprint density at radius 2 is 0.810 bits per heavy atom. The largest absolute Gasteiger partial charge is 0.496 e. The maximum Gasteiger partial charge on any atom is 0.291 e. The highest BCUT2D eigenvalue weighted by atomic mass is 35.5. The van der Waals surface area contributed by atoms with Crippen LogP contribution in [0.3, 0.4) is 0 Å². The Morgan fingerprint density at radius 1 is 0.367 bits per heavy atom. The normalized spacial score (nSPS) is 11.6. The maximum atomic E-state index is 12.8. The zero-order chi connectivity index (χ0) is 105. The van der Waals surface area contributed by atoms with E-state index in [9.17, 15) is 79.3 Å². The zero-order valence-electron chi connectivity index (χ0n) is 77.2. The number of hydrogen-bond donors (Lipinski definition) is 5. The highest BCUT2D eigenvalue weighted by Gasteiger charge is 2.29. The Hall–Kier alpha value is -16.7. The predicted octanol–water partition coefficient (Wildman–Crippen LogP) is 16.8. The molecule has 0 radical (unpaired) electrons. The van der Waals surface area contributed by atoms with E-state index in [0.29, 0.717) is 85.5 Å². The Balaban J connectivity index is 0.000000139. The van der Waals surface area contributed by atoms with Gasteiger partial charge in [-0.25, -0.2) is 75.9 Å². The molecule has 0 atom stereocenters. The number of fused-ring (bicyclic) bond motifs is 1. The lowest BCUT2D eigenvalue weighted by atomic mass is 10.1. The van der Waals surface area contributed by atoms with Crippen LogP contribution in [0.2, 0.25) is 15.1 Å². The second-order valence-corrected chi connectivity index (χ2v) is 43.2. The van der Waals surface area contributed by atoms with Crippen LogP contribution in [0.4, 0.5) is 28.4 Å². The first-order valence-electron chi connectivity index (χ1n) is 42.9. The summed E-state index contributed by atoms with van der Waals surface area (Å²) in [6.45, 7) is 5.79. The molecule has 0 bridgehead atoms. The molecule has 0 unspecified atom stereocenters. The van der Waals surface area contributed by atoms with Crippen LogP contribution < -0.4 is 40.8 Å². The van der Waals surface area contributed by atoms with Crippen LogP contribution >= 0.6 is 34.8 Å². The molecular formula is C98H82Cl3N15O25S6. The molecule has 147 heavy (non-hydrogen) atoms. The van der Waals surface area contributed by atoms with Gasteiger partial charge in [-0.1, -0.05) is 53.0 Å². The fourth-order valence-electron chi connectivity index (χ4n) is 13.5. The standard InChI is InChI=1S/C18H15ClN2O3S.C18H17N3O4S.C17H14N2O5S.C16H13ClN2O4S.C15H13N3O5S.C14H10ClN3O4S/c1-13-5-6-15(19)18(10-13)25(23,24)21-9-7-14(12-21)11-17(22)16-4-2-3-8-20-16;1-13-11-15(6-7-17(13)25-2)26(23,24)21-10-8-14(12-21)20-18(22)16-5-3-4-9-19-16;20-17(16-2-1-8-23-16)18-13-5-7-19(11-13)25(21,22)14-3-4-15-12(10-14)6-9-24-15;1-11-9-12(17)4-5-15(11)24(21,22)19-7-6-13(10-19)18-16(20)14-3-2-8-23-14;1-22-14-5-4-12(9-16-14)24(20,21)18-7-6-11(10-18)17-15(19)13-3-2-8-23-13;15-10-3-4-13(16-8-10)23(20,21)18-6-5-11(9-18)17-14(19)12-2-1-7-22-12/h2-10,12H,11H2,1H3;3-12H,1-2H3,(H,20,22);1-5,7-8,10-11H,6,9H2,(H,18,20);2-10H,1H3,(H,18,20);2-10H,1H3,(H,17,19);1-9H,(H,17,19). The minimum atomic E-state index is -3.85. The van der Waals surface area contributed by atoms with E-state index in [0.717, 1.165) is 40.7 Å². The minimum Gasteiger partial charge on any atom is -0.496 e. The summed E-state index contributed by atoms with van der Waals surface area (Å²) in [6, 6.07) is 55.9. The number of aryl methyl sites for hydroxylation is 3. The summed E-state index contributed by atoms with van der Waals surface area (Å²) in [5.41, 5.74) is 5.78. The maximum absolute atomic E-state index is 12.8. The molecule has 5 amide bonds. The molecule has 0 saturated heterocycles. The molecule has 0 spiro atoms. The number of pyridine rings is 4. The number of anilines is 5. The van der Waals surface area contributed by atoms with Crippen LogP contribution in [0.1, 0.15) is 91.0 Å². The Labute approximate surface area is 855 Å². The molecule has 15 heterocycles. The number of nitrogens with zero attached hydrogens (tertiary/aromatic N) is 10. The number of rotatable bonds is 27. The fraction of sp³-hybridized carbons (Fsp3) is 0.0816. The van der Waals surface area contributed by atoms with Gasteiger partial charge in [0, 0.05) is 117 Å². The molecule has 14 aromatic heterocycles. The van der Waals surface area contributed by atoms with Crippen molar-refractivity contribution in [3.63, 3.8) is 0 Å². The molecule has 40 nitrogen and oxygen atoms in total. The van der Waals surface area contributed by atoms with Gasteiger partial charge in [-0.3, -0.25) is 38.7 Å². The van der Waals surface area contributed by atoms with Gasteiger partial charge in [0.15, 0.2) is 33.9 Å². The van der Waals surface area contributed by atoms with Gasteiger partial charge in [-0.2, -0.15) is 8.42 Å². The average molecular weight is 2170 g/mol. The first-order chi connectivity index (χ1) is 70.2. The van der Waals surface area contributed by atoms with Crippen LogP contribution in [0.15, 0.2) is 390 Å². The number of nitrogens with one attached hydrogen (secondary N) is 5. The van der Waals surface area contributed by atoms with Crippen molar-refractivity contribution < 1.29 is 111 Å². The number of halogens is 3. The summed E-state index contributed by atoms with van der Waals surface area (Å²) in [6.07, 6.45) is 28.0. The van der Waals surface area contributed by atoms with E-state index in [2.05, 4.69) is 46.5 Å². The van der Waals surface area contributed by atoms with Crippen LogP contribution in [0, 0.1) is 20.8 Å². The number of methoxy groups -OCH3 is 2. The Kier molecular flexibility index (Phi) is 33.4. The van der Waals surface area contributed by atoms with Crippen molar-refractivity contribution in [2.45, 2.75) is 63.1 Å². The molecule has 5 N–H and O–H groups in total. The number of amides is 5. The smallest absolute Gasteiger partial charge is 0.291 e. The van der Waals surface area contributed by atoms with Crippen LogP contribution in [0.25, 0.3) is 0 Å². The lowest BCUT2D eigenvalue weighted by molar-refractivity contribution is 0.0981. The summed E-state index contributed by atoms with van der Waals surface area (Å²) >= 11 is 17.6. The molecule has 49 heteroatoms. The third-order valence-electron chi connectivity index (χ3n) is 20.8. The molecule has 4 aromatic carbocycles. The van der Waals surface area contributed by atoms with Gasteiger partial charge >= 0.3 is 0 Å². The van der Waals surface area contributed by atoms with E-state index >= 15 is 0 Å². The van der Waals surface area contributed by atoms with Crippen molar-refractivity contribution in [2.24, 2.45) is 0 Å². The molecule has 0 saturated carbocycles. The van der Waals surface area contributed by atoms with E-state index in [1.807, 2.05) is 0 Å². The number of ketones is 1. The van der Waals surface area contributed by atoms with Crippen molar-refractivity contribution in [1.29, 1.82) is 0 Å². The summed E-state index contributed by atoms with van der Waals surface area (Å²) in [5.74, 6) is -0.266. The van der Waals surface area contributed by atoms with Crippen molar-refractivity contribution in [1.82, 2.24) is 43.8 Å². The molecule has 18 aromatic rings. The zero-order valence-corrected chi connectivity index (χ0v) is 84.4. The number of Topliss-reactive ketones (excluding diaryl/α,β-unsaturated/α-hetero) is 1. The van der Waals surface area contributed by atoms with Crippen LogP contribution in [-0.2, 0) is 73.0 Å². The number of aromatic nitrogens is 10. The number of furan rings is 4. The number of benzene rings is 4. The van der Waals surface area contributed by atoms with Gasteiger partial charge < -0.3 is 58.5 Å². The number of ether oxygens (including phenoxy) is 3. The second-order valence-electron chi connectivity index (χ2n) is 30.9. The fourth-order valence-corrected chi connectivity index (χ4v) is 21.8. The topological polar surface area (TPSA) is 529 Å². The van der Waals surface area contributed by atoms with Gasteiger partial charge in [0.05, 0.1) is 105 Å². The summed E-state index contributed by atoms with van der Waals surface area (Å²) in [4.78, 5) is 88.1. The number of carbonyl (C=O) groups is 6. The Bertz CT molecular complexity index is 8540. The van der Waals surface area contributed by atoms with Crippen LogP contribution in [-0.4, -0.2) is 150 Å². The van der Waals surface area contributed by atoms with E-state index in [4.69, 9.17) is 66.7 Å². The molecule has 19 rings (SSSR count). The summed E-state index contributed by atoms with van der Waals surface area (Å²) in [5, 5.41) is 13.7. The molecular weight excluding hydrogens is 2090 g/mol. The molecule has 1 aliphatic rings. The van der Waals surface area contributed by atoms with Gasteiger partial charge in [0.25, 0.3) is 89.7 Å². The monoisotopic (exact) mass is 2170 g/mol. The van der Waals surface area contributed by atoms with Crippen molar-refractivity contribution >= 4 is 159 Å². The van der Waals surface area contributed by atoms with Crippen molar-refractivity contribution in [2.75, 3.05) is 47.4 Å². The third-order valence-corrected chi connectivity index (χ3v) is 31.6. The minimum absolute atomic E-state index is 0.00260. The first-order valence-corrected chi connectivity index (χ1v) is 52.7. The third kappa shape index (κ3) is 26.1. The SMILES string of the molecule is COc1ccc(S(=O)(=O)n2ccc(NC(=O)c3ccccn3)c2)cc1C.COc1ccc(S(=O)(=O)n2ccc(NC(=O)c3ccco3)c2)cn1.Cc1cc(Cl)ccc1S(=O)(=O)n1ccc(NC(=O)c2ccco2)c1.Cc1ccc(Cl)c(S(=O)(=O)n2ccc(CC(=O)c3ccccn3)c2)c1.O=C(Nc1ccn(S(=O)(=O)c2ccc(Cl)cn2)c1)c1ccco1.O=C(Nc1ccn(S(=O)(=O)c2ccc3c(c2)CCO3)c1)c1ccco1. The summed E-state index contributed by atoms with van der Waals surface area (Å²) in [7, 11) is -19.8. The average Bonchev–Trinajstić information content (AvgIpc) is 0.894. The van der Waals surface area contributed by atoms with E-state index < -0.39 is 89.7 Å². The Morgan fingerprint density at radius 3 is 1.25 bits per heavy atom. The lowest BCUT2D eigenvalue weighted by Crippen LogP contribution is -2.14. The second kappa shape index (κ2) is 46.3. The van der Waals surface area contributed by atoms with E-state index in [1.54, 1.807) is 136 Å². The van der Waals surface area contributed by atoms with Crippen molar-refractivity contribution in [3.8, 4) is 17.4 Å².